The maximum absolute atomic E-state index is 13.1. The highest BCUT2D eigenvalue weighted by atomic mass is 16.5. The van der Waals surface area contributed by atoms with Crippen LogP contribution in [0.4, 0.5) is 11.5 Å². The minimum Gasteiger partial charge on any atom is -0.462 e. The number of rotatable bonds is 9. The first-order valence-corrected chi connectivity index (χ1v) is 17.0. The molecule has 2 atom stereocenters. The second-order valence-electron chi connectivity index (χ2n) is 13.5. The number of nitrogens with zero attached hydrogens (tertiary/aromatic N) is 7. The number of benzene rings is 2. The number of hydrogen-bond acceptors (Lipinski definition) is 9. The van der Waals surface area contributed by atoms with Crippen LogP contribution in [0.1, 0.15) is 48.9 Å². The van der Waals surface area contributed by atoms with Gasteiger partial charge in [-0.3, -0.25) is 4.79 Å². The fraction of sp³-hybridized carbons (Fsp3) is 0.514. The van der Waals surface area contributed by atoms with Crippen molar-refractivity contribution in [2.45, 2.75) is 63.1 Å². The van der Waals surface area contributed by atoms with Gasteiger partial charge in [0.25, 0.3) is 0 Å². The molecular weight excluding hydrogens is 590 g/mol. The van der Waals surface area contributed by atoms with Crippen molar-refractivity contribution >= 4 is 28.2 Å². The minimum atomic E-state index is -0.246. The van der Waals surface area contributed by atoms with Crippen LogP contribution in [0, 0.1) is 18.3 Å². The van der Waals surface area contributed by atoms with Crippen LogP contribution >= 0.6 is 0 Å². The average molecular weight is 636 g/mol. The number of likely N-dealkylation sites (tertiary alicyclic amines) is 1. The van der Waals surface area contributed by atoms with E-state index in [9.17, 15) is 10.1 Å². The SMILES string of the molecule is COC/C=C/C(=O)N1CCN(c2nc(OC[C@@H]3CCCN3C)nc3c2CCN(c2cccc4cccc(C)c24)C32CC2)C[C@@H]1CC#N. The number of ether oxygens (including phenoxy) is 2. The van der Waals surface area contributed by atoms with Gasteiger partial charge in [-0.1, -0.05) is 36.4 Å². The Labute approximate surface area is 277 Å². The lowest BCUT2D eigenvalue weighted by atomic mass is 9.92. The summed E-state index contributed by atoms with van der Waals surface area (Å²) in [6.07, 6.45) is 8.67. The fourth-order valence-corrected chi connectivity index (χ4v) is 7.98. The Morgan fingerprint density at radius 2 is 1.94 bits per heavy atom. The molecule has 1 aliphatic carbocycles. The van der Waals surface area contributed by atoms with Gasteiger partial charge in [0.15, 0.2) is 0 Å². The van der Waals surface area contributed by atoms with Crippen molar-refractivity contribution in [3.63, 3.8) is 0 Å². The number of fused-ring (bicyclic) bond motifs is 3. The molecule has 3 aliphatic heterocycles. The topological polar surface area (TPSA) is 98.1 Å². The normalized spacial score (nSPS) is 22.2. The number of carbonyl (C=O) groups excluding carboxylic acids is 1. The third-order valence-corrected chi connectivity index (χ3v) is 10.6. The molecule has 1 spiro atoms. The predicted octanol–water partition coefficient (Wildman–Crippen LogP) is 4.60. The molecule has 246 valence electrons. The molecule has 4 aliphatic rings. The number of nitriles is 1. The van der Waals surface area contributed by atoms with E-state index in [2.05, 4.69) is 71.1 Å². The molecule has 2 saturated heterocycles. The molecule has 0 bridgehead atoms. The Morgan fingerprint density at radius 1 is 1.11 bits per heavy atom. The van der Waals surface area contributed by atoms with Crippen LogP contribution in [0.15, 0.2) is 48.6 Å². The van der Waals surface area contributed by atoms with Gasteiger partial charge >= 0.3 is 6.01 Å². The maximum Gasteiger partial charge on any atom is 0.318 e. The minimum absolute atomic E-state index is 0.0886. The van der Waals surface area contributed by atoms with E-state index >= 15 is 0 Å². The van der Waals surface area contributed by atoms with E-state index in [1.165, 1.54) is 34.0 Å². The number of likely N-dealkylation sites (N-methyl/N-ethyl adjacent to an activating group) is 1. The van der Waals surface area contributed by atoms with Gasteiger partial charge in [-0.25, -0.2) is 0 Å². The van der Waals surface area contributed by atoms with Crippen molar-refractivity contribution in [2.75, 3.05) is 69.9 Å². The standard InChI is InChI=1S/C37H45N7O3/c1-26-8-4-9-27-10-5-12-31(33(26)27)44-20-15-30-34(37(44)16-17-37)39-36(47-25-29-11-6-19-41(29)2)40-35(30)42-21-22-43(28(24-42)14-18-38)32(45)13-7-23-46-3/h4-5,7-10,12-13,28-29H,6,11,14-17,19-25H2,1-3H3/b13-7+/t28-,29-/m0/s1. The number of anilines is 2. The number of aromatic nitrogens is 2. The highest BCUT2D eigenvalue weighted by Crippen LogP contribution is 2.57. The Kier molecular flexibility index (Phi) is 8.77. The summed E-state index contributed by atoms with van der Waals surface area (Å²) < 4.78 is 11.5. The fourth-order valence-electron chi connectivity index (χ4n) is 7.98. The number of hydrogen-bond donors (Lipinski definition) is 0. The molecular formula is C37H45N7O3. The van der Waals surface area contributed by atoms with E-state index in [1.54, 1.807) is 19.3 Å². The molecule has 2 aromatic carbocycles. The summed E-state index contributed by atoms with van der Waals surface area (Å²) >= 11 is 0. The molecule has 4 heterocycles. The lowest BCUT2D eigenvalue weighted by Crippen LogP contribution is -2.55. The summed E-state index contributed by atoms with van der Waals surface area (Å²) in [5, 5.41) is 12.3. The number of carbonyl (C=O) groups is 1. The number of methoxy groups -OCH3 is 1. The van der Waals surface area contributed by atoms with Gasteiger partial charge in [-0.2, -0.15) is 15.2 Å². The molecule has 0 radical (unpaired) electrons. The van der Waals surface area contributed by atoms with Gasteiger partial charge in [-0.15, -0.1) is 0 Å². The Bertz CT molecular complexity index is 1710. The van der Waals surface area contributed by atoms with Crippen LogP contribution in [-0.4, -0.2) is 97.9 Å². The van der Waals surface area contributed by atoms with Gasteiger partial charge in [0.1, 0.15) is 12.4 Å². The average Bonchev–Trinajstić information content (AvgIpc) is 3.76. The molecule has 1 amide bonds. The van der Waals surface area contributed by atoms with Crippen LogP contribution < -0.4 is 14.5 Å². The molecule has 0 N–H and O–H groups in total. The van der Waals surface area contributed by atoms with Gasteiger partial charge in [0, 0.05) is 62.0 Å². The molecule has 10 nitrogen and oxygen atoms in total. The van der Waals surface area contributed by atoms with Crippen LogP contribution in [0.5, 0.6) is 6.01 Å². The summed E-state index contributed by atoms with van der Waals surface area (Å²) in [5.41, 5.74) is 4.59. The molecule has 3 fully saturated rings. The lowest BCUT2D eigenvalue weighted by molar-refractivity contribution is -0.128. The van der Waals surface area contributed by atoms with Crippen molar-refractivity contribution in [3.05, 3.63) is 65.4 Å². The summed E-state index contributed by atoms with van der Waals surface area (Å²) in [6, 6.07) is 16.0. The number of aryl methyl sites for hydroxylation is 1. The number of amides is 1. The quantitative estimate of drug-likeness (QED) is 0.313. The zero-order valence-electron chi connectivity index (χ0n) is 27.8. The molecule has 7 rings (SSSR count). The Balaban J connectivity index is 1.25. The van der Waals surface area contributed by atoms with Crippen molar-refractivity contribution < 1.29 is 14.3 Å². The van der Waals surface area contributed by atoms with Crippen LogP contribution in [0.2, 0.25) is 0 Å². The molecule has 10 heteroatoms. The smallest absolute Gasteiger partial charge is 0.318 e. The van der Waals surface area contributed by atoms with E-state index in [0.717, 1.165) is 50.3 Å². The second kappa shape index (κ2) is 13.1. The van der Waals surface area contributed by atoms with E-state index in [0.29, 0.717) is 44.9 Å². The van der Waals surface area contributed by atoms with E-state index in [4.69, 9.17) is 19.4 Å². The first-order chi connectivity index (χ1) is 22.9. The Morgan fingerprint density at radius 3 is 2.68 bits per heavy atom. The van der Waals surface area contributed by atoms with Gasteiger partial charge in [-0.05, 0) is 69.6 Å². The zero-order valence-corrected chi connectivity index (χ0v) is 27.8. The molecule has 1 aromatic heterocycles. The highest BCUT2D eigenvalue weighted by Gasteiger charge is 2.55. The zero-order chi connectivity index (χ0) is 32.5. The van der Waals surface area contributed by atoms with Crippen LogP contribution in [0.25, 0.3) is 10.8 Å². The first kappa shape index (κ1) is 31.4. The predicted molar refractivity (Wildman–Crippen MR) is 183 cm³/mol. The summed E-state index contributed by atoms with van der Waals surface area (Å²) in [6.45, 7) is 6.75. The summed E-state index contributed by atoms with van der Waals surface area (Å²) in [7, 11) is 3.76. The van der Waals surface area contributed by atoms with Crippen molar-refractivity contribution in [3.8, 4) is 12.1 Å². The summed E-state index contributed by atoms with van der Waals surface area (Å²) in [5.74, 6) is 0.809. The second-order valence-corrected chi connectivity index (χ2v) is 13.5. The maximum atomic E-state index is 13.1. The van der Waals surface area contributed by atoms with Crippen LogP contribution in [0.3, 0.4) is 0 Å². The van der Waals surface area contributed by atoms with E-state index in [1.807, 2.05) is 4.90 Å². The third kappa shape index (κ3) is 5.92. The van der Waals surface area contributed by atoms with E-state index < -0.39 is 0 Å². The molecule has 0 unspecified atom stereocenters. The van der Waals surface area contributed by atoms with E-state index in [-0.39, 0.29) is 23.9 Å². The van der Waals surface area contributed by atoms with Crippen molar-refractivity contribution in [1.29, 1.82) is 5.26 Å². The van der Waals surface area contributed by atoms with Crippen molar-refractivity contribution in [1.82, 2.24) is 19.8 Å². The molecule has 47 heavy (non-hydrogen) atoms. The summed E-state index contributed by atoms with van der Waals surface area (Å²) in [4.78, 5) is 32.5. The van der Waals surface area contributed by atoms with Gasteiger partial charge in [0.2, 0.25) is 5.91 Å². The lowest BCUT2D eigenvalue weighted by Gasteiger charge is -2.44. The third-order valence-electron chi connectivity index (χ3n) is 10.6. The van der Waals surface area contributed by atoms with Crippen LogP contribution in [-0.2, 0) is 21.5 Å². The number of piperazine rings is 1. The molecule has 3 aromatic rings. The first-order valence-electron chi connectivity index (χ1n) is 17.0. The largest absolute Gasteiger partial charge is 0.462 e. The monoisotopic (exact) mass is 635 g/mol. The highest BCUT2D eigenvalue weighted by molar-refractivity contribution is 5.97. The molecule has 1 saturated carbocycles. The van der Waals surface area contributed by atoms with Gasteiger partial charge in [0.05, 0.1) is 36.4 Å². The van der Waals surface area contributed by atoms with Crippen molar-refractivity contribution in [2.24, 2.45) is 0 Å². The Hall–Kier alpha value is -4.20. The van der Waals surface area contributed by atoms with Gasteiger partial charge < -0.3 is 29.1 Å².